The van der Waals surface area contributed by atoms with Gasteiger partial charge < -0.3 is 14.8 Å². The van der Waals surface area contributed by atoms with Crippen molar-refractivity contribution >= 4 is 34.6 Å². The van der Waals surface area contributed by atoms with Gasteiger partial charge in [0.2, 0.25) is 0 Å². The SMILES string of the molecule is CCCCc1ccc(NC(=O)/C(C#N)=c2\s/c(=C\c3ccc(OC)c(OCc4ccccc4)c3)c(=O)n2-c2ccccc2C(F)(F)F)cc1. The Balaban J connectivity index is 1.64. The van der Waals surface area contributed by atoms with Crippen molar-refractivity contribution in [2.24, 2.45) is 0 Å². The van der Waals surface area contributed by atoms with Gasteiger partial charge in [-0.1, -0.05) is 74.0 Å². The van der Waals surface area contributed by atoms with E-state index in [-0.39, 0.29) is 15.8 Å². The lowest BCUT2D eigenvalue weighted by atomic mass is 10.1. The highest BCUT2D eigenvalue weighted by atomic mass is 32.1. The smallest absolute Gasteiger partial charge is 0.418 e. The van der Waals surface area contributed by atoms with Gasteiger partial charge in [-0.3, -0.25) is 14.2 Å². The molecule has 1 heterocycles. The number of benzene rings is 4. The average Bonchev–Trinajstić information content (AvgIpc) is 3.41. The predicted molar refractivity (Wildman–Crippen MR) is 184 cm³/mol. The molecule has 0 unspecified atom stereocenters. The van der Waals surface area contributed by atoms with Crippen molar-refractivity contribution in [3.8, 4) is 23.3 Å². The fraction of sp³-hybridized carbons (Fsp3) is 0.184. The van der Waals surface area contributed by atoms with E-state index in [0.717, 1.165) is 58.4 Å². The Hall–Kier alpha value is -5.60. The summed E-state index contributed by atoms with van der Waals surface area (Å²) >= 11 is 0.739. The molecule has 250 valence electrons. The standard InChI is InChI=1S/C38H32F3N3O4S/c1-3-4-10-25-15-18-28(19-16-25)43-35(45)29(23-42)37-44(31-14-9-8-13-30(31)38(39,40)41)36(46)34(49-37)22-27-17-20-32(47-2)33(21-27)48-24-26-11-6-5-7-12-26/h5-9,11-22H,3-4,10,24H2,1-2H3,(H,43,45)/b34-22-,37-29-. The molecule has 49 heavy (non-hydrogen) atoms. The summed E-state index contributed by atoms with van der Waals surface area (Å²) in [6.45, 7) is 2.33. The van der Waals surface area contributed by atoms with Gasteiger partial charge in [0.1, 0.15) is 17.3 Å². The number of hydrogen-bond acceptors (Lipinski definition) is 6. The van der Waals surface area contributed by atoms with Gasteiger partial charge in [-0.05, 0) is 72.0 Å². The summed E-state index contributed by atoms with van der Waals surface area (Å²) in [4.78, 5) is 27.5. The molecular weight excluding hydrogens is 651 g/mol. The molecule has 0 fully saturated rings. The quantitative estimate of drug-likeness (QED) is 0.162. The molecule has 11 heteroatoms. The number of carbonyl (C=O) groups excluding carboxylic acids is 1. The molecule has 1 amide bonds. The number of nitrogens with one attached hydrogen (secondary N) is 1. The molecule has 0 radical (unpaired) electrons. The summed E-state index contributed by atoms with van der Waals surface area (Å²) in [5, 5.41) is 12.8. The second-order valence-corrected chi connectivity index (χ2v) is 12.0. The van der Waals surface area contributed by atoms with Gasteiger partial charge in [-0.2, -0.15) is 18.4 Å². The van der Waals surface area contributed by atoms with Crippen LogP contribution in [0, 0.1) is 11.3 Å². The number of alkyl halides is 3. The number of hydrogen-bond donors (Lipinski definition) is 1. The number of anilines is 1. The summed E-state index contributed by atoms with van der Waals surface area (Å²) < 4.78 is 54.6. The van der Waals surface area contributed by atoms with Gasteiger partial charge in [0.05, 0.1) is 22.9 Å². The number of methoxy groups -OCH3 is 1. The number of nitrogens with zero attached hydrogens (tertiary/aromatic N) is 2. The van der Waals surface area contributed by atoms with Crippen LogP contribution in [-0.4, -0.2) is 17.6 Å². The molecule has 5 aromatic rings. The minimum absolute atomic E-state index is 0.00743. The van der Waals surface area contributed by atoms with E-state index in [1.807, 2.05) is 48.5 Å². The minimum Gasteiger partial charge on any atom is -0.493 e. The fourth-order valence-corrected chi connectivity index (χ4v) is 6.18. The Morgan fingerprint density at radius 1 is 0.959 bits per heavy atom. The second kappa shape index (κ2) is 15.5. The lowest BCUT2D eigenvalue weighted by molar-refractivity contribution is -0.137. The Morgan fingerprint density at radius 3 is 2.35 bits per heavy atom. The third-order valence-corrected chi connectivity index (χ3v) is 8.67. The van der Waals surface area contributed by atoms with E-state index in [1.54, 1.807) is 30.3 Å². The number of carbonyl (C=O) groups is 1. The molecule has 7 nitrogen and oxygen atoms in total. The maximum Gasteiger partial charge on any atom is 0.418 e. The molecule has 0 bridgehead atoms. The fourth-order valence-electron chi connectivity index (χ4n) is 5.08. The van der Waals surface area contributed by atoms with Gasteiger partial charge >= 0.3 is 6.18 Å². The number of unbranched alkanes of at least 4 members (excludes halogenated alkanes) is 1. The Morgan fingerprint density at radius 2 is 1.67 bits per heavy atom. The van der Waals surface area contributed by atoms with E-state index >= 15 is 0 Å². The van der Waals surface area contributed by atoms with E-state index in [1.165, 1.54) is 25.3 Å². The van der Waals surface area contributed by atoms with Gasteiger partial charge in [0.15, 0.2) is 17.1 Å². The van der Waals surface area contributed by atoms with Crippen LogP contribution < -0.4 is 29.5 Å². The van der Waals surface area contributed by atoms with Crippen LogP contribution in [0.2, 0.25) is 0 Å². The van der Waals surface area contributed by atoms with Crippen molar-refractivity contribution in [2.75, 3.05) is 12.4 Å². The molecule has 1 aromatic heterocycles. The molecule has 0 atom stereocenters. The molecule has 0 saturated heterocycles. The number of ether oxygens (including phenoxy) is 2. The number of nitriles is 1. The zero-order valence-corrected chi connectivity index (χ0v) is 27.5. The van der Waals surface area contributed by atoms with Crippen molar-refractivity contribution in [3.63, 3.8) is 0 Å². The first kappa shape index (κ1) is 34.7. The van der Waals surface area contributed by atoms with Gasteiger partial charge in [0.25, 0.3) is 11.5 Å². The van der Waals surface area contributed by atoms with Crippen LogP contribution in [0.15, 0.2) is 102 Å². The molecule has 1 N–H and O–H groups in total. The van der Waals surface area contributed by atoms with E-state index in [4.69, 9.17) is 9.47 Å². The molecule has 0 aliphatic rings. The van der Waals surface area contributed by atoms with Crippen LogP contribution in [0.4, 0.5) is 18.9 Å². The summed E-state index contributed by atoms with van der Waals surface area (Å²) in [7, 11) is 1.49. The molecule has 0 aliphatic carbocycles. The number of aryl methyl sites for hydroxylation is 1. The summed E-state index contributed by atoms with van der Waals surface area (Å²) in [5.41, 5.74) is -0.0813. The largest absolute Gasteiger partial charge is 0.493 e. The predicted octanol–water partition coefficient (Wildman–Crippen LogP) is 6.99. The van der Waals surface area contributed by atoms with Crippen LogP contribution in [-0.2, 0) is 24.0 Å². The molecule has 5 rings (SSSR count). The molecule has 0 aliphatic heterocycles. The monoisotopic (exact) mass is 683 g/mol. The second-order valence-electron chi connectivity index (χ2n) is 11.0. The molecule has 0 saturated carbocycles. The van der Waals surface area contributed by atoms with E-state index in [2.05, 4.69) is 12.2 Å². The van der Waals surface area contributed by atoms with E-state index in [0.29, 0.717) is 22.7 Å². The van der Waals surface area contributed by atoms with Crippen molar-refractivity contribution < 1.29 is 27.4 Å². The highest BCUT2D eigenvalue weighted by molar-refractivity contribution is 7.07. The molecule has 4 aromatic carbocycles. The lowest BCUT2D eigenvalue weighted by Gasteiger charge is -2.13. The lowest BCUT2D eigenvalue weighted by Crippen LogP contribution is -2.33. The van der Waals surface area contributed by atoms with Crippen molar-refractivity contribution in [2.45, 2.75) is 39.0 Å². The van der Waals surface area contributed by atoms with E-state index < -0.39 is 34.5 Å². The maximum absolute atomic E-state index is 14.2. The van der Waals surface area contributed by atoms with E-state index in [9.17, 15) is 28.0 Å². The first-order chi connectivity index (χ1) is 23.6. The van der Waals surface area contributed by atoms with Crippen molar-refractivity contribution in [1.29, 1.82) is 5.26 Å². The Kier molecular flexibility index (Phi) is 11.0. The number of thiazole rings is 1. The zero-order valence-electron chi connectivity index (χ0n) is 26.7. The number of halogens is 3. The first-order valence-corrected chi connectivity index (χ1v) is 16.2. The zero-order chi connectivity index (χ0) is 35.0. The molecule has 0 spiro atoms. The Labute approximate surface area is 284 Å². The number of amides is 1. The van der Waals surface area contributed by atoms with Gasteiger partial charge in [-0.15, -0.1) is 11.3 Å². The average molecular weight is 684 g/mol. The van der Waals surface area contributed by atoms with Crippen LogP contribution >= 0.6 is 11.3 Å². The normalized spacial score (nSPS) is 12.3. The van der Waals surface area contributed by atoms with Crippen LogP contribution in [0.1, 0.15) is 42.0 Å². The number of aromatic nitrogens is 1. The topological polar surface area (TPSA) is 93.4 Å². The third kappa shape index (κ3) is 8.28. The van der Waals surface area contributed by atoms with Crippen LogP contribution in [0.25, 0.3) is 17.3 Å². The summed E-state index contributed by atoms with van der Waals surface area (Å²) in [6.07, 6.45) is -0.450. The summed E-state index contributed by atoms with van der Waals surface area (Å²) in [6, 6.07) is 27.9. The first-order valence-electron chi connectivity index (χ1n) is 15.4. The highest BCUT2D eigenvalue weighted by Crippen LogP contribution is 2.33. The minimum atomic E-state index is -4.82. The Bertz CT molecular complexity index is 2170. The van der Waals surface area contributed by atoms with Crippen molar-refractivity contribution in [3.05, 3.63) is 139 Å². The maximum atomic E-state index is 14.2. The highest BCUT2D eigenvalue weighted by Gasteiger charge is 2.34. The molecular formula is C38H32F3N3O4S. The number of rotatable bonds is 11. The third-order valence-electron chi connectivity index (χ3n) is 7.58. The van der Waals surface area contributed by atoms with Crippen LogP contribution in [0.5, 0.6) is 11.5 Å². The van der Waals surface area contributed by atoms with Crippen molar-refractivity contribution in [1.82, 2.24) is 4.57 Å². The number of para-hydroxylation sites is 1. The van der Waals surface area contributed by atoms with Crippen LogP contribution in [0.3, 0.4) is 0 Å². The van der Waals surface area contributed by atoms with Gasteiger partial charge in [0, 0.05) is 5.69 Å². The van der Waals surface area contributed by atoms with Gasteiger partial charge in [-0.25, -0.2) is 0 Å². The summed E-state index contributed by atoms with van der Waals surface area (Å²) in [5.74, 6) is -0.0495.